The highest BCUT2D eigenvalue weighted by Gasteiger charge is 2.35. The second-order valence-electron chi connectivity index (χ2n) is 6.24. The summed E-state index contributed by atoms with van der Waals surface area (Å²) in [7, 11) is 0. The van der Waals surface area contributed by atoms with E-state index < -0.39 is 42.2 Å². The predicted molar refractivity (Wildman–Crippen MR) is 102 cm³/mol. The lowest BCUT2D eigenvalue weighted by atomic mass is 10.1. The molecule has 1 aromatic rings. The summed E-state index contributed by atoms with van der Waals surface area (Å²) in [6.45, 7) is -0.0928. The molecule has 0 radical (unpaired) electrons. The third-order valence-corrected chi connectivity index (χ3v) is 5.02. The quantitative estimate of drug-likeness (QED) is 0.385. The number of aromatic nitrogens is 1. The fourth-order valence-electron chi connectivity index (χ4n) is 2.88. The topological polar surface area (TPSA) is 146 Å². The predicted octanol–water partition coefficient (Wildman–Crippen LogP) is 0.268. The number of halogens is 2. The Balaban J connectivity index is 1.96. The van der Waals surface area contributed by atoms with E-state index in [1.807, 2.05) is 0 Å². The smallest absolute Gasteiger partial charge is 0.305 e. The van der Waals surface area contributed by atoms with Crippen molar-refractivity contribution in [3.05, 3.63) is 28.0 Å². The molecule has 2 heterocycles. The van der Waals surface area contributed by atoms with Crippen molar-refractivity contribution in [2.45, 2.75) is 31.3 Å². The lowest BCUT2D eigenvalue weighted by Crippen LogP contribution is -2.51. The van der Waals surface area contributed by atoms with Crippen LogP contribution in [0.3, 0.4) is 0 Å². The summed E-state index contributed by atoms with van der Waals surface area (Å²) in [5.41, 5.74) is 0.0534. The molecule has 29 heavy (non-hydrogen) atoms. The summed E-state index contributed by atoms with van der Waals surface area (Å²) in [6, 6.07) is -0.687. The van der Waals surface area contributed by atoms with Crippen LogP contribution in [0, 0.1) is 0 Å². The van der Waals surface area contributed by atoms with Gasteiger partial charge in [-0.05, 0) is 18.9 Å². The second-order valence-corrected chi connectivity index (χ2v) is 6.98. The monoisotopic (exact) mass is 444 g/mol. The second kappa shape index (κ2) is 10.2. The molecule has 0 bridgehead atoms. The largest absolute Gasteiger partial charge is 0.481 e. The summed E-state index contributed by atoms with van der Waals surface area (Å²) < 4.78 is 0. The first kappa shape index (κ1) is 22.6. The van der Waals surface area contributed by atoms with E-state index in [2.05, 4.69) is 15.6 Å². The van der Waals surface area contributed by atoms with Crippen LogP contribution in [0.5, 0.6) is 0 Å². The highest BCUT2D eigenvalue weighted by atomic mass is 35.5. The molecule has 0 saturated carbocycles. The van der Waals surface area contributed by atoms with E-state index in [0.717, 1.165) is 0 Å². The minimum absolute atomic E-state index is 0.0455. The minimum Gasteiger partial charge on any atom is -0.481 e. The van der Waals surface area contributed by atoms with Crippen molar-refractivity contribution in [1.29, 1.82) is 0 Å². The number of carboxylic acid groups (broad SMARTS) is 1. The number of carbonyl (C=O) groups is 5. The third-order valence-electron chi connectivity index (χ3n) is 4.25. The SMILES string of the molecule is O=C[C@H](CC(=O)O)NC(=O)[C@@H]1CCCN1C(=O)CNC(=O)c1ccnc(Cl)c1Cl. The van der Waals surface area contributed by atoms with Gasteiger partial charge in [0.05, 0.1) is 29.6 Å². The van der Waals surface area contributed by atoms with Crippen molar-refractivity contribution in [2.75, 3.05) is 13.1 Å². The summed E-state index contributed by atoms with van der Waals surface area (Å²) in [6.07, 6.45) is 1.98. The van der Waals surface area contributed by atoms with Crippen LogP contribution >= 0.6 is 23.2 Å². The van der Waals surface area contributed by atoms with E-state index in [9.17, 15) is 24.0 Å². The van der Waals surface area contributed by atoms with Crippen LogP contribution in [0.2, 0.25) is 10.2 Å². The number of likely N-dealkylation sites (tertiary alicyclic amines) is 1. The van der Waals surface area contributed by atoms with E-state index in [1.54, 1.807) is 0 Å². The molecule has 1 aromatic heterocycles. The van der Waals surface area contributed by atoms with E-state index in [0.29, 0.717) is 25.7 Å². The Morgan fingerprint density at radius 3 is 2.72 bits per heavy atom. The van der Waals surface area contributed by atoms with E-state index in [1.165, 1.54) is 17.2 Å². The number of carbonyl (C=O) groups excluding carboxylic acids is 4. The van der Waals surface area contributed by atoms with Crippen LogP contribution < -0.4 is 10.6 Å². The Kier molecular flexibility index (Phi) is 7.91. The molecule has 1 fully saturated rings. The summed E-state index contributed by atoms with van der Waals surface area (Å²) in [5.74, 6) is -2.99. The van der Waals surface area contributed by atoms with Crippen LogP contribution in [0.4, 0.5) is 0 Å². The van der Waals surface area contributed by atoms with Gasteiger partial charge >= 0.3 is 5.97 Å². The normalized spacial score (nSPS) is 16.8. The first-order valence-electron chi connectivity index (χ1n) is 8.59. The Morgan fingerprint density at radius 2 is 2.07 bits per heavy atom. The fourth-order valence-corrected chi connectivity index (χ4v) is 3.24. The number of aldehydes is 1. The van der Waals surface area contributed by atoms with Gasteiger partial charge in [0.2, 0.25) is 11.8 Å². The first-order valence-corrected chi connectivity index (χ1v) is 9.35. The molecular weight excluding hydrogens is 427 g/mol. The van der Waals surface area contributed by atoms with Crippen molar-refractivity contribution in [3.8, 4) is 0 Å². The highest BCUT2D eigenvalue weighted by molar-refractivity contribution is 6.43. The maximum Gasteiger partial charge on any atom is 0.305 e. The van der Waals surface area contributed by atoms with Gasteiger partial charge in [0.15, 0.2) is 0 Å². The van der Waals surface area contributed by atoms with Gasteiger partial charge in [0, 0.05) is 12.7 Å². The van der Waals surface area contributed by atoms with Crippen LogP contribution in [0.25, 0.3) is 0 Å². The standard InChI is InChI=1S/C17H18Cl2N4O6/c18-14-10(3-4-20-15(14)19)16(28)21-7-12(25)23-5-1-2-11(23)17(29)22-9(8-24)6-13(26)27/h3-4,8-9,11H,1-2,5-7H2,(H,21,28)(H,22,29)(H,26,27)/t9-,11-/m0/s1. The molecule has 2 rings (SSSR count). The van der Waals surface area contributed by atoms with E-state index >= 15 is 0 Å². The van der Waals surface area contributed by atoms with Crippen LogP contribution in [-0.2, 0) is 19.2 Å². The number of nitrogens with one attached hydrogen (secondary N) is 2. The van der Waals surface area contributed by atoms with Crippen LogP contribution in [-0.4, -0.2) is 70.1 Å². The van der Waals surface area contributed by atoms with E-state index in [-0.39, 0.29) is 22.3 Å². The number of nitrogens with zero attached hydrogens (tertiary/aromatic N) is 2. The molecule has 0 aromatic carbocycles. The van der Waals surface area contributed by atoms with Crippen molar-refractivity contribution in [2.24, 2.45) is 0 Å². The molecule has 3 amide bonds. The zero-order valence-corrected chi connectivity index (χ0v) is 16.6. The van der Waals surface area contributed by atoms with Crippen LogP contribution in [0.15, 0.2) is 12.3 Å². The van der Waals surface area contributed by atoms with Crippen LogP contribution in [0.1, 0.15) is 29.6 Å². The molecule has 12 heteroatoms. The number of pyridine rings is 1. The summed E-state index contributed by atoms with van der Waals surface area (Å²) in [5, 5.41) is 13.4. The maximum absolute atomic E-state index is 12.5. The van der Waals surface area contributed by atoms with Gasteiger partial charge in [0.1, 0.15) is 17.5 Å². The van der Waals surface area contributed by atoms with Gasteiger partial charge in [-0.1, -0.05) is 23.2 Å². The van der Waals surface area contributed by atoms with Gasteiger partial charge in [-0.25, -0.2) is 4.98 Å². The number of hydrogen-bond acceptors (Lipinski definition) is 6. The zero-order chi connectivity index (χ0) is 21.6. The van der Waals surface area contributed by atoms with Gasteiger partial charge in [-0.2, -0.15) is 0 Å². The molecule has 0 spiro atoms. The molecule has 1 aliphatic heterocycles. The van der Waals surface area contributed by atoms with Gasteiger partial charge in [0.25, 0.3) is 5.91 Å². The molecule has 1 aliphatic rings. The number of aliphatic carboxylic acids is 1. The van der Waals surface area contributed by atoms with E-state index in [4.69, 9.17) is 28.3 Å². The summed E-state index contributed by atoms with van der Waals surface area (Å²) >= 11 is 11.7. The molecule has 3 N–H and O–H groups in total. The summed E-state index contributed by atoms with van der Waals surface area (Å²) in [4.78, 5) is 63.7. The Bertz CT molecular complexity index is 834. The number of rotatable bonds is 8. The molecule has 1 saturated heterocycles. The lowest BCUT2D eigenvalue weighted by molar-refractivity contribution is -0.140. The molecule has 2 atom stereocenters. The Morgan fingerprint density at radius 1 is 1.34 bits per heavy atom. The zero-order valence-electron chi connectivity index (χ0n) is 15.1. The molecule has 0 unspecified atom stereocenters. The highest BCUT2D eigenvalue weighted by Crippen LogP contribution is 2.23. The van der Waals surface area contributed by atoms with Gasteiger partial charge < -0.3 is 25.4 Å². The van der Waals surface area contributed by atoms with Crippen molar-refractivity contribution in [1.82, 2.24) is 20.5 Å². The van der Waals surface area contributed by atoms with Crippen molar-refractivity contribution >= 4 is 53.2 Å². The third kappa shape index (κ3) is 5.88. The minimum atomic E-state index is -1.24. The molecule has 156 valence electrons. The van der Waals surface area contributed by atoms with Crippen molar-refractivity contribution < 1.29 is 29.1 Å². The average Bonchev–Trinajstić information content (AvgIpc) is 3.17. The van der Waals surface area contributed by atoms with Gasteiger partial charge in [-0.15, -0.1) is 0 Å². The molecule has 0 aliphatic carbocycles. The first-order chi connectivity index (χ1) is 13.7. The molecular formula is C17H18Cl2N4O6. The fraction of sp³-hybridized carbons (Fsp3) is 0.412. The molecule has 10 nitrogen and oxygen atoms in total. The number of amides is 3. The number of hydrogen-bond donors (Lipinski definition) is 3. The maximum atomic E-state index is 12.5. The number of carboxylic acids is 1. The van der Waals surface area contributed by atoms with Gasteiger partial charge in [-0.3, -0.25) is 19.2 Å². The average molecular weight is 445 g/mol. The Labute approximate surface area is 175 Å². The Hall–Kier alpha value is -2.72. The lowest BCUT2D eigenvalue weighted by Gasteiger charge is -2.25. The van der Waals surface area contributed by atoms with Crippen molar-refractivity contribution in [3.63, 3.8) is 0 Å².